The van der Waals surface area contributed by atoms with Crippen LogP contribution in [0.25, 0.3) is 0 Å². The van der Waals surface area contributed by atoms with Crippen LogP contribution < -0.4 is 15.1 Å². The number of nitrogens with one attached hydrogen (secondary N) is 1. The van der Waals surface area contributed by atoms with E-state index in [9.17, 15) is 14.4 Å². The average Bonchev–Trinajstić information content (AvgIpc) is 3.24. The zero-order valence-corrected chi connectivity index (χ0v) is 16.0. The monoisotopic (exact) mass is 397 g/mol. The van der Waals surface area contributed by atoms with Crippen molar-refractivity contribution in [2.45, 2.75) is 31.8 Å². The Labute approximate surface area is 168 Å². The average molecular weight is 398 g/mol. The first kappa shape index (κ1) is 18.7. The van der Waals surface area contributed by atoms with Crippen molar-refractivity contribution in [2.75, 3.05) is 16.3 Å². The molecule has 0 saturated carbocycles. The molecule has 0 spiro atoms. The molecule has 0 bridgehead atoms. The minimum Gasteiger partial charge on any atom is -0.312 e. The van der Waals surface area contributed by atoms with E-state index in [1.54, 1.807) is 29.2 Å². The number of imide groups is 1. The molecule has 144 valence electrons. The van der Waals surface area contributed by atoms with Crippen molar-refractivity contribution < 1.29 is 14.4 Å². The lowest BCUT2D eigenvalue weighted by molar-refractivity contribution is -0.122. The highest BCUT2D eigenvalue weighted by Gasteiger charge is 2.39. The number of carbonyl (C=O) groups excluding carboxylic acids is 3. The van der Waals surface area contributed by atoms with E-state index in [-0.39, 0.29) is 24.1 Å². The lowest BCUT2D eigenvalue weighted by atomic mass is 10.1. The maximum absolute atomic E-state index is 12.7. The van der Waals surface area contributed by atoms with Gasteiger partial charge in [-0.2, -0.15) is 0 Å². The fourth-order valence-electron chi connectivity index (χ4n) is 3.61. The van der Waals surface area contributed by atoms with Gasteiger partial charge in [0.25, 0.3) is 5.91 Å². The Hall–Kier alpha value is -2.70. The van der Waals surface area contributed by atoms with Crippen molar-refractivity contribution in [3.8, 4) is 0 Å². The van der Waals surface area contributed by atoms with Crippen LogP contribution in [-0.2, 0) is 20.9 Å². The molecule has 0 aliphatic carbocycles. The molecule has 2 saturated heterocycles. The number of nitrogens with zero attached hydrogens (tertiary/aromatic N) is 2. The number of carbonyl (C=O) groups is 3. The van der Waals surface area contributed by atoms with Gasteiger partial charge in [0.2, 0.25) is 11.8 Å². The van der Waals surface area contributed by atoms with E-state index in [0.29, 0.717) is 23.7 Å². The minimum absolute atomic E-state index is 0.127. The van der Waals surface area contributed by atoms with E-state index in [2.05, 4.69) is 5.32 Å². The summed E-state index contributed by atoms with van der Waals surface area (Å²) in [6, 6.07) is 13.8. The second-order valence-corrected chi connectivity index (χ2v) is 7.43. The molecule has 1 N–H and O–H groups in total. The third-order valence-electron chi connectivity index (χ3n) is 5.11. The van der Waals surface area contributed by atoms with Crippen LogP contribution in [-0.4, -0.2) is 30.3 Å². The topological polar surface area (TPSA) is 69.7 Å². The largest absolute Gasteiger partial charge is 0.312 e. The second-order valence-electron chi connectivity index (χ2n) is 7.00. The first-order chi connectivity index (χ1) is 13.5. The highest BCUT2D eigenvalue weighted by atomic mass is 35.5. The third-order valence-corrected chi connectivity index (χ3v) is 5.36. The molecule has 1 atom stereocenters. The van der Waals surface area contributed by atoms with Crippen LogP contribution in [0.2, 0.25) is 5.02 Å². The van der Waals surface area contributed by atoms with E-state index in [1.165, 1.54) is 4.90 Å². The van der Waals surface area contributed by atoms with Gasteiger partial charge in [0.1, 0.15) is 0 Å². The normalized spacial score (nSPS) is 19.8. The van der Waals surface area contributed by atoms with E-state index in [1.807, 2.05) is 24.3 Å². The van der Waals surface area contributed by atoms with Crippen molar-refractivity contribution in [1.29, 1.82) is 0 Å². The van der Waals surface area contributed by atoms with Crippen LogP contribution >= 0.6 is 11.6 Å². The van der Waals surface area contributed by atoms with E-state index in [4.69, 9.17) is 11.6 Å². The number of benzene rings is 2. The van der Waals surface area contributed by atoms with Crippen LogP contribution in [0.15, 0.2) is 48.5 Å². The standard InChI is InChI=1S/C21H20ClN3O3/c22-15-5-9-17(10-6-15)25-20(27)12-18(21(25)28)23-13-14-3-7-16(8-4-14)24-11-1-2-19(24)26/h3-10,18,23H,1-2,11-13H2/t18-/m1/s1. The van der Waals surface area contributed by atoms with Gasteiger partial charge in [0.05, 0.1) is 18.2 Å². The van der Waals surface area contributed by atoms with Gasteiger partial charge < -0.3 is 10.2 Å². The minimum atomic E-state index is -0.553. The van der Waals surface area contributed by atoms with Crippen molar-refractivity contribution in [1.82, 2.24) is 5.32 Å². The molecule has 6 nitrogen and oxygen atoms in total. The summed E-state index contributed by atoms with van der Waals surface area (Å²) in [7, 11) is 0. The summed E-state index contributed by atoms with van der Waals surface area (Å²) in [6.07, 6.45) is 1.62. The summed E-state index contributed by atoms with van der Waals surface area (Å²) in [5.41, 5.74) is 2.41. The van der Waals surface area contributed by atoms with Gasteiger partial charge in [0.15, 0.2) is 0 Å². The number of hydrogen-bond donors (Lipinski definition) is 1. The quantitative estimate of drug-likeness (QED) is 0.787. The molecule has 2 heterocycles. The van der Waals surface area contributed by atoms with Crippen LogP contribution in [0.1, 0.15) is 24.8 Å². The molecule has 2 aromatic carbocycles. The maximum atomic E-state index is 12.7. The van der Waals surface area contributed by atoms with E-state index < -0.39 is 6.04 Å². The highest BCUT2D eigenvalue weighted by molar-refractivity contribution is 6.30. The highest BCUT2D eigenvalue weighted by Crippen LogP contribution is 2.25. The number of anilines is 2. The molecule has 2 aromatic rings. The predicted molar refractivity (Wildman–Crippen MR) is 107 cm³/mol. The molecule has 0 aromatic heterocycles. The van der Waals surface area contributed by atoms with Crippen LogP contribution in [0.5, 0.6) is 0 Å². The zero-order valence-electron chi connectivity index (χ0n) is 15.2. The van der Waals surface area contributed by atoms with E-state index >= 15 is 0 Å². The van der Waals surface area contributed by atoms with Gasteiger partial charge in [0, 0.05) is 30.2 Å². The second kappa shape index (κ2) is 7.73. The summed E-state index contributed by atoms with van der Waals surface area (Å²) in [5, 5.41) is 3.72. The van der Waals surface area contributed by atoms with Crippen LogP contribution in [0, 0.1) is 0 Å². The molecule has 7 heteroatoms. The molecule has 3 amide bonds. The van der Waals surface area contributed by atoms with Crippen molar-refractivity contribution in [3.05, 3.63) is 59.1 Å². The van der Waals surface area contributed by atoms with Gasteiger partial charge in [-0.3, -0.25) is 14.4 Å². The number of hydrogen-bond acceptors (Lipinski definition) is 4. The maximum Gasteiger partial charge on any atom is 0.251 e. The van der Waals surface area contributed by atoms with Crippen molar-refractivity contribution in [3.63, 3.8) is 0 Å². The third kappa shape index (κ3) is 3.66. The lowest BCUT2D eigenvalue weighted by Crippen LogP contribution is -2.38. The smallest absolute Gasteiger partial charge is 0.251 e. The van der Waals surface area contributed by atoms with E-state index in [0.717, 1.165) is 24.2 Å². The van der Waals surface area contributed by atoms with Crippen molar-refractivity contribution in [2.24, 2.45) is 0 Å². The van der Waals surface area contributed by atoms with Gasteiger partial charge in [-0.15, -0.1) is 0 Å². The SMILES string of the molecule is O=C1CCCN1c1ccc(CN[C@@H]2CC(=O)N(c3ccc(Cl)cc3)C2=O)cc1. The van der Waals surface area contributed by atoms with Gasteiger partial charge in [-0.05, 0) is 48.4 Å². The molecule has 28 heavy (non-hydrogen) atoms. The van der Waals surface area contributed by atoms with Gasteiger partial charge >= 0.3 is 0 Å². The number of halogens is 1. The predicted octanol–water partition coefficient (Wildman–Crippen LogP) is 2.89. The summed E-state index contributed by atoms with van der Waals surface area (Å²) in [6.45, 7) is 1.22. The fourth-order valence-corrected chi connectivity index (χ4v) is 3.73. The summed E-state index contributed by atoms with van der Waals surface area (Å²) in [4.78, 5) is 39.8. The Bertz CT molecular complexity index is 911. The molecular weight excluding hydrogens is 378 g/mol. The van der Waals surface area contributed by atoms with Crippen molar-refractivity contribution >= 4 is 40.7 Å². The Morgan fingerprint density at radius 2 is 1.61 bits per heavy atom. The summed E-state index contributed by atoms with van der Waals surface area (Å²) < 4.78 is 0. The molecule has 2 fully saturated rings. The molecule has 2 aliphatic rings. The first-order valence-corrected chi connectivity index (χ1v) is 9.66. The molecule has 2 aliphatic heterocycles. The van der Waals surface area contributed by atoms with Crippen LogP contribution in [0.4, 0.5) is 11.4 Å². The molecule has 0 radical (unpaired) electrons. The zero-order chi connectivity index (χ0) is 19.7. The summed E-state index contributed by atoms with van der Waals surface area (Å²) >= 11 is 5.88. The summed E-state index contributed by atoms with van der Waals surface area (Å²) in [5.74, 6) is -0.331. The molecular formula is C21H20ClN3O3. The van der Waals surface area contributed by atoms with Crippen LogP contribution in [0.3, 0.4) is 0 Å². The fraction of sp³-hybridized carbons (Fsp3) is 0.286. The number of amides is 3. The molecule has 0 unspecified atom stereocenters. The number of rotatable bonds is 5. The Kier molecular flexibility index (Phi) is 5.15. The van der Waals surface area contributed by atoms with Gasteiger partial charge in [-0.25, -0.2) is 4.90 Å². The molecule has 4 rings (SSSR count). The Morgan fingerprint density at radius 1 is 0.929 bits per heavy atom. The Morgan fingerprint density at radius 3 is 2.25 bits per heavy atom. The Balaban J connectivity index is 1.38. The lowest BCUT2D eigenvalue weighted by Gasteiger charge is -2.17. The first-order valence-electron chi connectivity index (χ1n) is 9.28. The van der Waals surface area contributed by atoms with Gasteiger partial charge in [-0.1, -0.05) is 23.7 Å².